The average Bonchev–Trinajstić information content (AvgIpc) is 2.27. The third kappa shape index (κ3) is 3.90. The first-order chi connectivity index (χ1) is 7.27. The van der Waals surface area contributed by atoms with Crippen LogP contribution in [0, 0.1) is 0 Å². The number of aliphatic hydroxyl groups is 1. The summed E-state index contributed by atoms with van der Waals surface area (Å²) in [6.07, 6.45) is 2.08. The summed E-state index contributed by atoms with van der Waals surface area (Å²) in [5.41, 5.74) is 7.92. The van der Waals surface area contributed by atoms with Gasteiger partial charge in [0.15, 0.2) is 0 Å². The largest absolute Gasteiger partial charge is 0.395 e. The van der Waals surface area contributed by atoms with E-state index < -0.39 is 0 Å². The molecule has 1 aromatic rings. The van der Waals surface area contributed by atoms with Crippen LogP contribution in [0.3, 0.4) is 0 Å². The molecule has 1 rings (SSSR count). The molecule has 3 N–H and O–H groups in total. The van der Waals surface area contributed by atoms with Crippen LogP contribution in [0.5, 0.6) is 0 Å². The Bertz CT molecular complexity index is 271. The summed E-state index contributed by atoms with van der Waals surface area (Å²) in [6, 6.07) is 8.42. The molecule has 0 saturated carbocycles. The van der Waals surface area contributed by atoms with Gasteiger partial charge in [0.05, 0.1) is 6.61 Å². The van der Waals surface area contributed by atoms with Gasteiger partial charge in [0.1, 0.15) is 0 Å². The molecule has 0 fully saturated rings. The predicted octanol–water partition coefficient (Wildman–Crippen LogP) is 1.01. The van der Waals surface area contributed by atoms with Gasteiger partial charge in [0.25, 0.3) is 0 Å². The minimum absolute atomic E-state index is 0.186. The monoisotopic (exact) mass is 208 g/mol. The van der Waals surface area contributed by atoms with Crippen LogP contribution in [0.15, 0.2) is 24.3 Å². The van der Waals surface area contributed by atoms with Gasteiger partial charge in [-0.15, -0.1) is 0 Å². The molecule has 0 spiro atoms. The second kappa shape index (κ2) is 6.43. The zero-order valence-electron chi connectivity index (χ0n) is 9.32. The maximum atomic E-state index is 8.81. The SMILES string of the molecule is CN(CCO)c1ccc(CCCN)cc1. The number of hydrogen-bond donors (Lipinski definition) is 2. The zero-order chi connectivity index (χ0) is 11.1. The van der Waals surface area contributed by atoms with Crippen LogP contribution in [-0.4, -0.2) is 31.9 Å². The quantitative estimate of drug-likeness (QED) is 0.733. The molecular weight excluding hydrogens is 188 g/mol. The van der Waals surface area contributed by atoms with Crippen molar-refractivity contribution in [1.82, 2.24) is 0 Å². The first-order valence-corrected chi connectivity index (χ1v) is 5.39. The minimum Gasteiger partial charge on any atom is -0.395 e. The Labute approximate surface area is 91.5 Å². The predicted molar refractivity (Wildman–Crippen MR) is 64.2 cm³/mol. The van der Waals surface area contributed by atoms with Gasteiger partial charge in [0, 0.05) is 19.3 Å². The van der Waals surface area contributed by atoms with Crippen LogP contribution in [-0.2, 0) is 6.42 Å². The van der Waals surface area contributed by atoms with E-state index in [0.717, 1.165) is 25.1 Å². The van der Waals surface area contributed by atoms with Gasteiger partial charge < -0.3 is 15.7 Å². The van der Waals surface area contributed by atoms with Gasteiger partial charge in [-0.3, -0.25) is 0 Å². The van der Waals surface area contributed by atoms with Gasteiger partial charge in [-0.1, -0.05) is 12.1 Å². The maximum Gasteiger partial charge on any atom is 0.0606 e. The molecule has 0 aliphatic heterocycles. The number of nitrogens with two attached hydrogens (primary N) is 1. The van der Waals surface area contributed by atoms with Crippen molar-refractivity contribution in [3.05, 3.63) is 29.8 Å². The van der Waals surface area contributed by atoms with E-state index in [1.165, 1.54) is 5.56 Å². The third-order valence-electron chi connectivity index (χ3n) is 2.48. The molecule has 1 aromatic carbocycles. The average molecular weight is 208 g/mol. The van der Waals surface area contributed by atoms with E-state index in [1.54, 1.807) is 0 Å². The number of rotatable bonds is 6. The molecule has 0 aromatic heterocycles. The van der Waals surface area contributed by atoms with E-state index in [0.29, 0.717) is 6.54 Å². The number of aryl methyl sites for hydroxylation is 1. The van der Waals surface area contributed by atoms with Crippen LogP contribution in [0.25, 0.3) is 0 Å². The molecule has 0 aliphatic carbocycles. The van der Waals surface area contributed by atoms with E-state index in [9.17, 15) is 0 Å². The lowest BCUT2D eigenvalue weighted by atomic mass is 10.1. The highest BCUT2D eigenvalue weighted by Gasteiger charge is 1.99. The molecule has 0 amide bonds. The fourth-order valence-corrected chi connectivity index (χ4v) is 1.50. The fraction of sp³-hybridized carbons (Fsp3) is 0.500. The Morgan fingerprint density at radius 1 is 1.27 bits per heavy atom. The number of likely N-dealkylation sites (N-methyl/N-ethyl adjacent to an activating group) is 1. The molecule has 0 saturated heterocycles. The highest BCUT2D eigenvalue weighted by molar-refractivity contribution is 5.46. The van der Waals surface area contributed by atoms with Crippen LogP contribution in [0.1, 0.15) is 12.0 Å². The summed E-state index contributed by atoms with van der Waals surface area (Å²) in [6.45, 7) is 1.60. The normalized spacial score (nSPS) is 10.3. The minimum atomic E-state index is 0.186. The molecule has 84 valence electrons. The summed E-state index contributed by atoms with van der Waals surface area (Å²) >= 11 is 0. The smallest absolute Gasteiger partial charge is 0.0606 e. The summed E-state index contributed by atoms with van der Waals surface area (Å²) in [5, 5.41) is 8.81. The topological polar surface area (TPSA) is 49.5 Å². The highest BCUT2D eigenvalue weighted by Crippen LogP contribution is 2.14. The van der Waals surface area contributed by atoms with Crippen molar-refractivity contribution >= 4 is 5.69 Å². The molecule has 0 heterocycles. The van der Waals surface area contributed by atoms with Gasteiger partial charge in [-0.05, 0) is 37.1 Å². The second-order valence-corrected chi connectivity index (χ2v) is 3.70. The van der Waals surface area contributed by atoms with Gasteiger partial charge in [-0.2, -0.15) is 0 Å². The van der Waals surface area contributed by atoms with Crippen LogP contribution < -0.4 is 10.6 Å². The van der Waals surface area contributed by atoms with Crippen molar-refractivity contribution in [3.63, 3.8) is 0 Å². The first-order valence-electron chi connectivity index (χ1n) is 5.39. The van der Waals surface area contributed by atoms with E-state index in [2.05, 4.69) is 24.3 Å². The van der Waals surface area contributed by atoms with Crippen molar-refractivity contribution in [2.45, 2.75) is 12.8 Å². The Morgan fingerprint density at radius 2 is 1.93 bits per heavy atom. The summed E-state index contributed by atoms with van der Waals surface area (Å²) in [7, 11) is 1.98. The van der Waals surface area contributed by atoms with Crippen LogP contribution in [0.4, 0.5) is 5.69 Å². The van der Waals surface area contributed by atoms with Crippen LogP contribution in [0.2, 0.25) is 0 Å². The van der Waals surface area contributed by atoms with Crippen molar-refractivity contribution in [2.75, 3.05) is 31.6 Å². The lowest BCUT2D eigenvalue weighted by Gasteiger charge is -2.18. The number of nitrogens with zero attached hydrogens (tertiary/aromatic N) is 1. The van der Waals surface area contributed by atoms with Crippen molar-refractivity contribution in [3.8, 4) is 0 Å². The molecule has 15 heavy (non-hydrogen) atoms. The zero-order valence-corrected chi connectivity index (χ0v) is 9.32. The van der Waals surface area contributed by atoms with Crippen molar-refractivity contribution < 1.29 is 5.11 Å². The standard InChI is InChI=1S/C12H20N2O/c1-14(9-10-15)12-6-4-11(5-7-12)3-2-8-13/h4-7,15H,2-3,8-10,13H2,1H3. The summed E-state index contributed by atoms with van der Waals surface area (Å²) < 4.78 is 0. The molecule has 0 aliphatic rings. The van der Waals surface area contributed by atoms with Crippen LogP contribution >= 0.6 is 0 Å². The number of hydrogen-bond acceptors (Lipinski definition) is 3. The maximum absolute atomic E-state index is 8.81. The number of anilines is 1. The number of aliphatic hydroxyl groups excluding tert-OH is 1. The molecule has 3 nitrogen and oxygen atoms in total. The van der Waals surface area contributed by atoms with Crippen molar-refractivity contribution in [2.24, 2.45) is 5.73 Å². The summed E-state index contributed by atoms with van der Waals surface area (Å²) in [4.78, 5) is 2.03. The molecule has 0 bridgehead atoms. The molecule has 0 atom stereocenters. The van der Waals surface area contributed by atoms with E-state index >= 15 is 0 Å². The Kier molecular flexibility index (Phi) is 5.15. The first kappa shape index (κ1) is 12.0. The van der Waals surface area contributed by atoms with Gasteiger partial charge >= 0.3 is 0 Å². The molecule has 0 unspecified atom stereocenters. The van der Waals surface area contributed by atoms with Gasteiger partial charge in [-0.25, -0.2) is 0 Å². The Morgan fingerprint density at radius 3 is 2.47 bits per heavy atom. The third-order valence-corrected chi connectivity index (χ3v) is 2.48. The highest BCUT2D eigenvalue weighted by atomic mass is 16.3. The Hall–Kier alpha value is -1.06. The molecular formula is C12H20N2O. The van der Waals surface area contributed by atoms with E-state index in [-0.39, 0.29) is 6.61 Å². The lowest BCUT2D eigenvalue weighted by Crippen LogP contribution is -2.20. The Balaban J connectivity index is 2.55. The molecule has 0 radical (unpaired) electrons. The van der Waals surface area contributed by atoms with Gasteiger partial charge in [0.2, 0.25) is 0 Å². The van der Waals surface area contributed by atoms with E-state index in [1.807, 2.05) is 11.9 Å². The second-order valence-electron chi connectivity index (χ2n) is 3.70. The number of benzene rings is 1. The molecule has 3 heteroatoms. The van der Waals surface area contributed by atoms with E-state index in [4.69, 9.17) is 10.8 Å². The fourth-order valence-electron chi connectivity index (χ4n) is 1.50. The summed E-state index contributed by atoms with van der Waals surface area (Å²) in [5.74, 6) is 0. The lowest BCUT2D eigenvalue weighted by molar-refractivity contribution is 0.304. The van der Waals surface area contributed by atoms with Crippen molar-refractivity contribution in [1.29, 1.82) is 0 Å².